The van der Waals surface area contributed by atoms with Crippen molar-refractivity contribution in [3.8, 4) is 0 Å². The fourth-order valence-corrected chi connectivity index (χ4v) is 1.66. The van der Waals surface area contributed by atoms with Gasteiger partial charge in [0.05, 0.1) is 0 Å². The molecule has 0 fully saturated rings. The van der Waals surface area contributed by atoms with E-state index in [4.69, 9.17) is 0 Å². The Morgan fingerprint density at radius 1 is 1.25 bits per heavy atom. The van der Waals surface area contributed by atoms with Crippen molar-refractivity contribution in [2.45, 2.75) is 6.92 Å². The fraction of sp³-hybridized carbons (Fsp3) is 0.154. The van der Waals surface area contributed by atoms with Gasteiger partial charge in [0.25, 0.3) is 17.7 Å². The number of benzene rings is 1. The zero-order valence-electron chi connectivity index (χ0n) is 10.6. The van der Waals surface area contributed by atoms with Crippen molar-refractivity contribution >= 4 is 17.7 Å². The first-order valence-electron chi connectivity index (χ1n) is 5.93. The van der Waals surface area contributed by atoms with Crippen molar-refractivity contribution < 1.29 is 18.8 Å². The number of nitrogens with one attached hydrogen (secondary N) is 2. The molecule has 0 spiro atoms. The number of hydrogen-bond acceptors (Lipinski definition) is 4. The van der Waals surface area contributed by atoms with Gasteiger partial charge in [0.2, 0.25) is 0 Å². The highest BCUT2D eigenvalue weighted by atomic mass is 19.1. The highest BCUT2D eigenvalue weighted by Crippen LogP contribution is 2.09. The van der Waals surface area contributed by atoms with Crippen molar-refractivity contribution in [2.24, 2.45) is 0 Å². The second-order valence-corrected chi connectivity index (χ2v) is 4.01. The molecular weight excluding hydrogens is 265 g/mol. The Labute approximate surface area is 114 Å². The molecule has 1 aromatic carbocycles. The Bertz CT molecular complexity index is 595. The summed E-state index contributed by atoms with van der Waals surface area (Å²) >= 11 is 0. The van der Waals surface area contributed by atoms with E-state index in [1.165, 1.54) is 12.1 Å². The van der Waals surface area contributed by atoms with Crippen LogP contribution in [0, 0.1) is 5.82 Å². The van der Waals surface area contributed by atoms with E-state index >= 15 is 0 Å². The van der Waals surface area contributed by atoms with E-state index in [0.29, 0.717) is 11.6 Å². The Hall–Kier alpha value is -2.70. The summed E-state index contributed by atoms with van der Waals surface area (Å²) < 4.78 is 12.7. The third-order valence-electron chi connectivity index (χ3n) is 2.61. The second-order valence-electron chi connectivity index (χ2n) is 4.01. The maximum absolute atomic E-state index is 12.7. The van der Waals surface area contributed by atoms with Crippen LogP contribution in [0.4, 0.5) is 4.39 Å². The van der Waals surface area contributed by atoms with Crippen LogP contribution in [0.2, 0.25) is 0 Å². The number of hydrazine groups is 1. The zero-order chi connectivity index (χ0) is 14.7. The molecule has 1 aromatic rings. The van der Waals surface area contributed by atoms with Gasteiger partial charge in [-0.3, -0.25) is 19.8 Å². The normalized spacial score (nSPS) is 14.3. The van der Waals surface area contributed by atoms with Crippen LogP contribution in [-0.4, -0.2) is 29.3 Å². The smallest absolute Gasteiger partial charge is 0.296 e. The maximum Gasteiger partial charge on any atom is 0.296 e. The molecule has 20 heavy (non-hydrogen) atoms. The second kappa shape index (κ2) is 5.52. The third-order valence-corrected chi connectivity index (χ3v) is 2.61. The number of rotatable bonds is 4. The highest BCUT2D eigenvalue weighted by Gasteiger charge is 2.32. The molecule has 0 unspecified atom stereocenters. The van der Waals surface area contributed by atoms with Crippen LogP contribution >= 0.6 is 0 Å². The molecule has 0 saturated heterocycles. The molecular formula is C13H12FN3O3. The quantitative estimate of drug-likeness (QED) is 0.778. The highest BCUT2D eigenvalue weighted by molar-refractivity contribution is 6.16. The summed E-state index contributed by atoms with van der Waals surface area (Å²) in [4.78, 5) is 35.3. The summed E-state index contributed by atoms with van der Waals surface area (Å²) in [6, 6.07) is 4.75. The van der Waals surface area contributed by atoms with E-state index < -0.39 is 23.5 Å². The first-order valence-corrected chi connectivity index (χ1v) is 5.93. The van der Waals surface area contributed by atoms with Gasteiger partial charge in [0, 0.05) is 18.2 Å². The zero-order valence-corrected chi connectivity index (χ0v) is 10.6. The number of carbonyl (C=O) groups is 3. The molecule has 2 rings (SSSR count). The molecule has 1 aliphatic rings. The lowest BCUT2D eigenvalue weighted by molar-refractivity contribution is -0.140. The number of hydrogen-bond donors (Lipinski definition) is 2. The van der Waals surface area contributed by atoms with Gasteiger partial charge in [-0.25, -0.2) is 4.39 Å². The summed E-state index contributed by atoms with van der Waals surface area (Å²) in [7, 11) is 0. The monoisotopic (exact) mass is 277 g/mol. The van der Waals surface area contributed by atoms with Crippen molar-refractivity contribution in [1.29, 1.82) is 0 Å². The molecule has 1 heterocycles. The largest absolute Gasteiger partial charge is 0.381 e. The molecule has 0 aliphatic carbocycles. The SMILES string of the molecule is CCNC1=CC(=O)N(NC(=O)c2ccc(F)cc2)C1=O. The number of imide groups is 1. The maximum atomic E-state index is 12.7. The van der Waals surface area contributed by atoms with Gasteiger partial charge < -0.3 is 5.32 Å². The van der Waals surface area contributed by atoms with Crippen molar-refractivity contribution in [1.82, 2.24) is 15.8 Å². The minimum Gasteiger partial charge on any atom is -0.381 e. The minimum atomic E-state index is -0.669. The number of amides is 3. The predicted molar refractivity (Wildman–Crippen MR) is 67.5 cm³/mol. The van der Waals surface area contributed by atoms with Crippen LogP contribution in [0.3, 0.4) is 0 Å². The lowest BCUT2D eigenvalue weighted by atomic mass is 10.2. The van der Waals surface area contributed by atoms with E-state index in [9.17, 15) is 18.8 Å². The minimum absolute atomic E-state index is 0.122. The third kappa shape index (κ3) is 2.66. The first-order chi connectivity index (χ1) is 9.52. The van der Waals surface area contributed by atoms with E-state index in [2.05, 4.69) is 10.7 Å². The number of nitrogens with zero attached hydrogens (tertiary/aromatic N) is 1. The molecule has 0 bridgehead atoms. The lowest BCUT2D eigenvalue weighted by Gasteiger charge is -2.15. The molecule has 6 nitrogen and oxygen atoms in total. The molecule has 2 N–H and O–H groups in total. The molecule has 0 aromatic heterocycles. The molecule has 104 valence electrons. The topological polar surface area (TPSA) is 78.5 Å². The van der Waals surface area contributed by atoms with Crippen molar-refractivity contribution in [3.63, 3.8) is 0 Å². The molecule has 0 saturated carbocycles. The van der Waals surface area contributed by atoms with Crippen LogP contribution < -0.4 is 10.7 Å². The van der Waals surface area contributed by atoms with Crippen LogP contribution in [0.25, 0.3) is 0 Å². The summed E-state index contributed by atoms with van der Waals surface area (Å²) in [5.41, 5.74) is 2.45. The van der Waals surface area contributed by atoms with Gasteiger partial charge in [-0.05, 0) is 31.2 Å². The molecule has 7 heteroatoms. The van der Waals surface area contributed by atoms with Gasteiger partial charge in [-0.15, -0.1) is 0 Å². The number of likely N-dealkylation sites (N-methyl/N-ethyl adjacent to an activating group) is 1. The van der Waals surface area contributed by atoms with Crippen LogP contribution in [-0.2, 0) is 9.59 Å². The van der Waals surface area contributed by atoms with E-state index in [1.54, 1.807) is 6.92 Å². The van der Waals surface area contributed by atoms with Crippen molar-refractivity contribution in [2.75, 3.05) is 6.54 Å². The Morgan fingerprint density at radius 2 is 1.90 bits per heavy atom. The lowest BCUT2D eigenvalue weighted by Crippen LogP contribution is -2.47. The summed E-state index contributed by atoms with van der Waals surface area (Å²) in [6.07, 6.45) is 1.11. The van der Waals surface area contributed by atoms with Crippen LogP contribution in [0.1, 0.15) is 17.3 Å². The van der Waals surface area contributed by atoms with Gasteiger partial charge >= 0.3 is 0 Å². The van der Waals surface area contributed by atoms with Gasteiger partial charge in [0.15, 0.2) is 0 Å². The van der Waals surface area contributed by atoms with Crippen molar-refractivity contribution in [3.05, 3.63) is 47.4 Å². The Morgan fingerprint density at radius 3 is 2.50 bits per heavy atom. The molecule has 0 radical (unpaired) electrons. The van der Waals surface area contributed by atoms with Gasteiger partial charge in [0.1, 0.15) is 11.5 Å². The Balaban J connectivity index is 2.08. The molecule has 3 amide bonds. The van der Waals surface area contributed by atoms with E-state index in [1.807, 2.05) is 0 Å². The number of carbonyl (C=O) groups excluding carboxylic acids is 3. The summed E-state index contributed by atoms with van der Waals surface area (Å²) in [6.45, 7) is 2.25. The van der Waals surface area contributed by atoms with Gasteiger partial charge in [-0.2, -0.15) is 5.01 Å². The van der Waals surface area contributed by atoms with E-state index in [0.717, 1.165) is 18.2 Å². The fourth-order valence-electron chi connectivity index (χ4n) is 1.66. The van der Waals surface area contributed by atoms with Gasteiger partial charge in [-0.1, -0.05) is 0 Å². The van der Waals surface area contributed by atoms with Crippen LogP contribution in [0.15, 0.2) is 36.0 Å². The molecule has 0 atom stereocenters. The number of halogens is 1. The first kappa shape index (κ1) is 13.7. The predicted octanol–water partition coefficient (Wildman–Crippen LogP) is 0.333. The average molecular weight is 277 g/mol. The standard InChI is InChI=1S/C13H12FN3O3/c1-2-15-10-7-11(18)17(13(10)20)16-12(19)8-3-5-9(14)6-4-8/h3-7,15H,2H2,1H3,(H,16,19). The van der Waals surface area contributed by atoms with E-state index in [-0.39, 0.29) is 11.3 Å². The average Bonchev–Trinajstić information content (AvgIpc) is 2.68. The van der Waals surface area contributed by atoms with Crippen LogP contribution in [0.5, 0.6) is 0 Å². The Kier molecular flexibility index (Phi) is 3.79. The summed E-state index contributed by atoms with van der Waals surface area (Å²) in [5.74, 6) is -2.42. The molecule has 1 aliphatic heterocycles. The summed E-state index contributed by atoms with van der Waals surface area (Å²) in [5, 5.41) is 3.34.